The summed E-state index contributed by atoms with van der Waals surface area (Å²) >= 11 is 0. The van der Waals surface area contributed by atoms with Gasteiger partial charge in [0.2, 0.25) is 0 Å². The molecule has 190 valence electrons. The Morgan fingerprint density at radius 2 is 1.88 bits per heavy atom. The first-order valence-electron chi connectivity index (χ1n) is 13.6. The van der Waals surface area contributed by atoms with E-state index in [2.05, 4.69) is 49.9 Å². The van der Waals surface area contributed by atoms with Crippen LogP contribution >= 0.6 is 0 Å². The fourth-order valence-corrected chi connectivity index (χ4v) is 6.19. The molecule has 4 unspecified atom stereocenters. The lowest BCUT2D eigenvalue weighted by molar-refractivity contribution is 0.376. The quantitative estimate of drug-likeness (QED) is 0.419. The lowest BCUT2D eigenvalue weighted by Crippen LogP contribution is -2.36. The van der Waals surface area contributed by atoms with Gasteiger partial charge in [0.05, 0.1) is 0 Å². The van der Waals surface area contributed by atoms with Crippen LogP contribution in [0.4, 0.5) is 8.78 Å². The Hall–Kier alpha value is -1.53. The van der Waals surface area contributed by atoms with Crippen LogP contribution in [0.25, 0.3) is 0 Å². The van der Waals surface area contributed by atoms with Gasteiger partial charge in [-0.25, -0.2) is 19.2 Å². The van der Waals surface area contributed by atoms with Gasteiger partial charge in [-0.2, -0.15) is 0 Å². The van der Waals surface area contributed by atoms with E-state index in [0.717, 1.165) is 67.6 Å². The Morgan fingerprint density at radius 3 is 2.65 bits per heavy atom. The monoisotopic (exact) mass is 474 g/mol. The largest absolute Gasteiger partial charge is 0.309 e. The van der Waals surface area contributed by atoms with Crippen molar-refractivity contribution in [3.63, 3.8) is 0 Å². The smallest absolute Gasteiger partial charge is 0.154 e. The maximum absolute atomic E-state index is 15.8. The molecule has 4 aliphatic rings. The SMILES string of the molecule is CC[C@H]1CC(=N[C@H]2NCCCC(C)C(CCC3=CCC4C(=C3F)CC(C)CCC4C)=C2F)NN1. The molecule has 34 heavy (non-hydrogen) atoms. The van der Waals surface area contributed by atoms with Gasteiger partial charge >= 0.3 is 0 Å². The van der Waals surface area contributed by atoms with Gasteiger partial charge in [0.15, 0.2) is 6.17 Å². The predicted molar refractivity (Wildman–Crippen MR) is 136 cm³/mol. The second-order valence-corrected chi connectivity index (χ2v) is 11.2. The highest BCUT2D eigenvalue weighted by Crippen LogP contribution is 2.45. The van der Waals surface area contributed by atoms with Crippen molar-refractivity contribution < 1.29 is 8.78 Å². The molecule has 2 fully saturated rings. The molecule has 2 heterocycles. The minimum absolute atomic E-state index is 0.0121. The van der Waals surface area contributed by atoms with Crippen molar-refractivity contribution in [3.05, 3.63) is 34.4 Å². The molecule has 6 atom stereocenters. The van der Waals surface area contributed by atoms with E-state index in [0.29, 0.717) is 36.6 Å². The molecule has 0 amide bonds. The molecule has 1 saturated carbocycles. The number of hydrogen-bond acceptors (Lipinski definition) is 3. The molecule has 0 spiro atoms. The van der Waals surface area contributed by atoms with Crippen LogP contribution in [-0.4, -0.2) is 24.6 Å². The van der Waals surface area contributed by atoms with Crippen LogP contribution in [0, 0.1) is 23.7 Å². The van der Waals surface area contributed by atoms with E-state index in [1.807, 2.05) is 0 Å². The highest BCUT2D eigenvalue weighted by atomic mass is 19.1. The first-order chi connectivity index (χ1) is 16.4. The summed E-state index contributed by atoms with van der Waals surface area (Å²) in [5.41, 5.74) is 8.97. The number of nitrogens with one attached hydrogen (secondary N) is 3. The van der Waals surface area contributed by atoms with Crippen molar-refractivity contribution in [2.45, 2.75) is 104 Å². The van der Waals surface area contributed by atoms with E-state index in [1.54, 1.807) is 0 Å². The average Bonchev–Trinajstić information content (AvgIpc) is 3.22. The van der Waals surface area contributed by atoms with Crippen molar-refractivity contribution in [2.75, 3.05) is 6.54 Å². The van der Waals surface area contributed by atoms with Gasteiger partial charge in [0.25, 0.3) is 0 Å². The first-order valence-corrected chi connectivity index (χ1v) is 13.6. The van der Waals surface area contributed by atoms with E-state index in [9.17, 15) is 0 Å². The number of amidine groups is 1. The van der Waals surface area contributed by atoms with Crippen LogP contribution in [-0.2, 0) is 0 Å². The summed E-state index contributed by atoms with van der Waals surface area (Å²) in [6.45, 7) is 9.51. The van der Waals surface area contributed by atoms with Crippen LogP contribution in [0.15, 0.2) is 39.4 Å². The molecule has 1 saturated heterocycles. The van der Waals surface area contributed by atoms with Gasteiger partial charge < -0.3 is 5.43 Å². The van der Waals surface area contributed by atoms with Crippen LogP contribution in [0.1, 0.15) is 91.9 Å². The van der Waals surface area contributed by atoms with Gasteiger partial charge in [-0.15, -0.1) is 0 Å². The second-order valence-electron chi connectivity index (χ2n) is 11.2. The number of rotatable bonds is 5. The summed E-state index contributed by atoms with van der Waals surface area (Å²) < 4.78 is 31.5. The maximum Gasteiger partial charge on any atom is 0.154 e. The highest BCUT2D eigenvalue weighted by molar-refractivity contribution is 5.84. The summed E-state index contributed by atoms with van der Waals surface area (Å²) in [6.07, 6.45) is 10.5. The maximum atomic E-state index is 15.8. The van der Waals surface area contributed by atoms with Crippen molar-refractivity contribution in [3.8, 4) is 0 Å². The van der Waals surface area contributed by atoms with Crippen molar-refractivity contribution in [1.29, 1.82) is 0 Å². The third-order valence-electron chi connectivity index (χ3n) is 8.59. The molecule has 4 nitrogen and oxygen atoms in total. The Labute approximate surface area is 204 Å². The van der Waals surface area contributed by atoms with Crippen LogP contribution in [0.5, 0.6) is 0 Å². The van der Waals surface area contributed by atoms with Crippen molar-refractivity contribution in [1.82, 2.24) is 16.2 Å². The molecule has 0 aromatic rings. The van der Waals surface area contributed by atoms with E-state index >= 15 is 8.78 Å². The number of nitrogens with zero attached hydrogens (tertiary/aromatic N) is 1. The van der Waals surface area contributed by atoms with Gasteiger partial charge in [0.1, 0.15) is 17.5 Å². The van der Waals surface area contributed by atoms with Crippen LogP contribution in [0.2, 0.25) is 0 Å². The van der Waals surface area contributed by atoms with E-state index in [1.165, 1.54) is 12.8 Å². The molecule has 0 bridgehead atoms. The minimum Gasteiger partial charge on any atom is -0.309 e. The molecular weight excluding hydrogens is 430 g/mol. The molecule has 0 aromatic carbocycles. The fraction of sp³-hybridized carbons (Fsp3) is 0.750. The molecular formula is C28H44F2N4. The molecule has 0 aromatic heterocycles. The Kier molecular flexibility index (Phi) is 8.62. The lowest BCUT2D eigenvalue weighted by Gasteiger charge is -2.29. The second kappa shape index (κ2) is 11.5. The van der Waals surface area contributed by atoms with Gasteiger partial charge in [0, 0.05) is 12.5 Å². The summed E-state index contributed by atoms with van der Waals surface area (Å²) in [7, 11) is 0. The summed E-state index contributed by atoms with van der Waals surface area (Å²) in [5.74, 6) is 2.21. The number of aliphatic imine (C=N–C) groups is 1. The minimum atomic E-state index is -0.658. The van der Waals surface area contributed by atoms with E-state index in [4.69, 9.17) is 4.99 Å². The first kappa shape index (κ1) is 25.6. The van der Waals surface area contributed by atoms with Crippen LogP contribution in [0.3, 0.4) is 0 Å². The zero-order chi connectivity index (χ0) is 24.2. The Morgan fingerprint density at radius 1 is 1.06 bits per heavy atom. The zero-order valence-electron chi connectivity index (χ0n) is 21.5. The Balaban J connectivity index is 1.52. The zero-order valence-corrected chi connectivity index (χ0v) is 21.5. The van der Waals surface area contributed by atoms with E-state index < -0.39 is 6.17 Å². The van der Waals surface area contributed by atoms with Gasteiger partial charge in [-0.1, -0.05) is 40.2 Å². The molecule has 0 radical (unpaired) electrons. The number of hydrogen-bond donors (Lipinski definition) is 3. The number of halogens is 2. The summed E-state index contributed by atoms with van der Waals surface area (Å²) in [4.78, 5) is 4.69. The fourth-order valence-electron chi connectivity index (χ4n) is 6.19. The van der Waals surface area contributed by atoms with Crippen molar-refractivity contribution in [2.24, 2.45) is 28.7 Å². The molecule has 2 aliphatic carbocycles. The number of allylic oxidation sites excluding steroid dienone is 5. The molecule has 4 rings (SSSR count). The number of fused-ring (bicyclic) bond motifs is 1. The average molecular weight is 475 g/mol. The highest BCUT2D eigenvalue weighted by Gasteiger charge is 2.33. The Bertz CT molecular complexity index is 858. The molecule has 2 aliphatic heterocycles. The standard InChI is InChI=1S/C28H44F2N4/c1-5-21-16-25(34-33-21)32-28-27(30)23(18(3)7-6-14-31-28)13-11-20-10-12-22-19(4)9-8-17(2)15-24(22)26(20)29/h10,17-19,21-22,28,31,33H,5-9,11-16H2,1-4H3,(H,32,34)/t17?,18?,19?,21-,22?,28+/m0/s1. The van der Waals surface area contributed by atoms with Crippen LogP contribution < -0.4 is 16.2 Å². The molecule has 6 heteroatoms. The van der Waals surface area contributed by atoms with Gasteiger partial charge in [-0.3, -0.25) is 5.32 Å². The summed E-state index contributed by atoms with van der Waals surface area (Å²) in [5, 5.41) is 3.30. The van der Waals surface area contributed by atoms with Crippen molar-refractivity contribution >= 4 is 5.84 Å². The summed E-state index contributed by atoms with van der Waals surface area (Å²) in [6, 6.07) is 0.338. The topological polar surface area (TPSA) is 48.5 Å². The number of hydrazine groups is 1. The predicted octanol–water partition coefficient (Wildman–Crippen LogP) is 6.64. The lowest BCUT2D eigenvalue weighted by atomic mass is 9.77. The third kappa shape index (κ3) is 5.81. The van der Waals surface area contributed by atoms with E-state index in [-0.39, 0.29) is 17.6 Å². The van der Waals surface area contributed by atoms with Gasteiger partial charge in [-0.05, 0) is 98.3 Å². The third-order valence-corrected chi connectivity index (χ3v) is 8.59. The molecule has 3 N–H and O–H groups in total. The normalized spacial score (nSPS) is 36.5.